The van der Waals surface area contributed by atoms with Crippen molar-refractivity contribution < 1.29 is 15.0 Å². The van der Waals surface area contributed by atoms with Gasteiger partial charge >= 0.3 is 5.97 Å². The maximum atomic E-state index is 11.0. The maximum absolute atomic E-state index is 11.0. The number of aromatic hydroxyl groups is 1. The molecule has 0 radical (unpaired) electrons. The molecule has 2 rings (SSSR count). The van der Waals surface area contributed by atoms with Crippen molar-refractivity contribution >= 4 is 23.3 Å². The Hall–Kier alpha value is -1.42. The molecule has 16 heavy (non-hydrogen) atoms. The van der Waals surface area contributed by atoms with Gasteiger partial charge in [-0.1, -0.05) is 11.6 Å². The van der Waals surface area contributed by atoms with Gasteiger partial charge in [-0.3, -0.25) is 0 Å². The van der Waals surface area contributed by atoms with E-state index in [2.05, 4.69) is 0 Å². The number of carboxylic acids is 1. The predicted molar refractivity (Wildman–Crippen MR) is 61.1 cm³/mol. The average molecular weight is 242 g/mol. The van der Waals surface area contributed by atoms with Crippen molar-refractivity contribution in [1.82, 2.24) is 0 Å². The van der Waals surface area contributed by atoms with Crippen molar-refractivity contribution in [3.8, 4) is 5.75 Å². The number of aliphatic carboxylic acids is 1. The lowest BCUT2D eigenvalue weighted by Gasteiger charge is -2.23. The summed E-state index contributed by atoms with van der Waals surface area (Å²) in [7, 11) is 0. The number of benzene rings is 1. The van der Waals surface area contributed by atoms with Crippen LogP contribution in [0.4, 0.5) is 5.69 Å². The predicted octanol–water partition coefficient (Wildman–Crippen LogP) is 2.10. The van der Waals surface area contributed by atoms with E-state index in [1.54, 1.807) is 17.0 Å². The van der Waals surface area contributed by atoms with Crippen molar-refractivity contribution in [2.24, 2.45) is 0 Å². The highest BCUT2D eigenvalue weighted by molar-refractivity contribution is 6.32. The lowest BCUT2D eigenvalue weighted by Crippen LogP contribution is -2.35. The molecule has 2 N–H and O–H groups in total. The molecule has 0 aliphatic carbocycles. The summed E-state index contributed by atoms with van der Waals surface area (Å²) >= 11 is 5.70. The number of nitrogens with zero attached hydrogens (tertiary/aromatic N) is 1. The molecule has 1 unspecified atom stereocenters. The molecule has 1 aliphatic heterocycles. The molecule has 1 aromatic rings. The van der Waals surface area contributed by atoms with Crippen LogP contribution < -0.4 is 4.90 Å². The van der Waals surface area contributed by atoms with Crippen LogP contribution in [-0.2, 0) is 4.79 Å². The average Bonchev–Trinajstić information content (AvgIpc) is 2.71. The number of phenols is 1. The molecule has 86 valence electrons. The summed E-state index contributed by atoms with van der Waals surface area (Å²) in [5.41, 5.74) is 0.701. The van der Waals surface area contributed by atoms with E-state index in [0.29, 0.717) is 18.7 Å². The van der Waals surface area contributed by atoms with Crippen LogP contribution in [0.15, 0.2) is 18.2 Å². The zero-order chi connectivity index (χ0) is 11.7. The van der Waals surface area contributed by atoms with Crippen LogP contribution in [-0.4, -0.2) is 28.8 Å². The standard InChI is InChI=1S/C11H12ClNO3/c12-8-4-3-7(6-10(8)14)13-5-1-2-9(13)11(15)16/h3-4,6,9,14H,1-2,5H2,(H,15,16). The van der Waals surface area contributed by atoms with E-state index in [1.165, 1.54) is 6.07 Å². The third-order valence-corrected chi connectivity index (χ3v) is 3.12. The molecule has 1 aromatic carbocycles. The molecule has 5 heteroatoms. The Morgan fingerprint density at radius 2 is 2.25 bits per heavy atom. The normalized spacial score (nSPS) is 20.1. The number of carboxylic acid groups (broad SMARTS) is 1. The highest BCUT2D eigenvalue weighted by Gasteiger charge is 2.30. The zero-order valence-corrected chi connectivity index (χ0v) is 9.31. The van der Waals surface area contributed by atoms with Gasteiger partial charge in [0.15, 0.2) is 0 Å². The van der Waals surface area contributed by atoms with Crippen LogP contribution in [0.5, 0.6) is 5.75 Å². The van der Waals surface area contributed by atoms with E-state index in [1.807, 2.05) is 0 Å². The fourth-order valence-corrected chi connectivity index (χ4v) is 2.13. The van der Waals surface area contributed by atoms with Gasteiger partial charge in [-0.05, 0) is 25.0 Å². The first-order valence-electron chi connectivity index (χ1n) is 5.07. The summed E-state index contributed by atoms with van der Waals surface area (Å²) in [6.45, 7) is 0.692. The van der Waals surface area contributed by atoms with Gasteiger partial charge in [-0.15, -0.1) is 0 Å². The Labute approximate surface area is 98.1 Å². The van der Waals surface area contributed by atoms with Gasteiger partial charge in [-0.25, -0.2) is 4.79 Å². The first kappa shape index (κ1) is 11.1. The van der Waals surface area contributed by atoms with Crippen LogP contribution in [0, 0.1) is 0 Å². The molecule has 1 aliphatic rings. The first-order chi connectivity index (χ1) is 7.59. The van der Waals surface area contributed by atoms with Crippen LogP contribution in [0.3, 0.4) is 0 Å². The summed E-state index contributed by atoms with van der Waals surface area (Å²) in [4.78, 5) is 12.8. The Morgan fingerprint density at radius 3 is 2.88 bits per heavy atom. The second-order valence-corrected chi connectivity index (χ2v) is 4.23. The van der Waals surface area contributed by atoms with Crippen molar-refractivity contribution in [3.05, 3.63) is 23.2 Å². The number of carbonyl (C=O) groups is 1. The summed E-state index contributed by atoms with van der Waals surface area (Å²) in [6, 6.07) is 4.30. The van der Waals surface area contributed by atoms with Crippen LogP contribution >= 0.6 is 11.6 Å². The van der Waals surface area contributed by atoms with Gasteiger partial charge in [0.05, 0.1) is 5.02 Å². The van der Waals surface area contributed by atoms with E-state index in [4.69, 9.17) is 16.7 Å². The third-order valence-electron chi connectivity index (χ3n) is 2.80. The van der Waals surface area contributed by atoms with E-state index < -0.39 is 12.0 Å². The lowest BCUT2D eigenvalue weighted by atomic mass is 10.2. The van der Waals surface area contributed by atoms with Gasteiger partial charge in [-0.2, -0.15) is 0 Å². The molecule has 0 spiro atoms. The van der Waals surface area contributed by atoms with E-state index in [0.717, 1.165) is 6.42 Å². The van der Waals surface area contributed by atoms with E-state index in [9.17, 15) is 9.90 Å². The molecule has 0 aromatic heterocycles. The SMILES string of the molecule is O=C(O)C1CCCN1c1ccc(Cl)c(O)c1. The molecule has 1 atom stereocenters. The van der Waals surface area contributed by atoms with Gasteiger partial charge in [0, 0.05) is 18.3 Å². The topological polar surface area (TPSA) is 60.8 Å². The Kier molecular flexibility index (Phi) is 2.92. The number of hydrogen-bond acceptors (Lipinski definition) is 3. The largest absolute Gasteiger partial charge is 0.506 e. The molecule has 1 heterocycles. The van der Waals surface area contributed by atoms with Gasteiger partial charge in [0.25, 0.3) is 0 Å². The van der Waals surface area contributed by atoms with Gasteiger partial charge in [0.2, 0.25) is 0 Å². The molecular formula is C11H12ClNO3. The molecule has 1 saturated heterocycles. The fraction of sp³-hybridized carbons (Fsp3) is 0.364. The van der Waals surface area contributed by atoms with E-state index >= 15 is 0 Å². The van der Waals surface area contributed by atoms with Crippen molar-refractivity contribution in [1.29, 1.82) is 0 Å². The number of phenolic OH excluding ortho intramolecular Hbond substituents is 1. The van der Waals surface area contributed by atoms with E-state index in [-0.39, 0.29) is 10.8 Å². The highest BCUT2D eigenvalue weighted by Crippen LogP contribution is 2.32. The quantitative estimate of drug-likeness (QED) is 0.833. The van der Waals surface area contributed by atoms with Crippen molar-refractivity contribution in [2.75, 3.05) is 11.4 Å². The van der Waals surface area contributed by atoms with Gasteiger partial charge in [0.1, 0.15) is 11.8 Å². The van der Waals surface area contributed by atoms with Gasteiger partial charge < -0.3 is 15.1 Å². The number of anilines is 1. The van der Waals surface area contributed by atoms with Crippen molar-refractivity contribution in [3.63, 3.8) is 0 Å². The fourth-order valence-electron chi connectivity index (χ4n) is 2.01. The Morgan fingerprint density at radius 1 is 1.50 bits per heavy atom. The third kappa shape index (κ3) is 1.93. The second kappa shape index (κ2) is 4.22. The molecule has 4 nitrogen and oxygen atoms in total. The number of rotatable bonds is 2. The molecule has 1 fully saturated rings. The summed E-state index contributed by atoms with van der Waals surface area (Å²) in [6.07, 6.45) is 1.49. The Balaban J connectivity index is 2.29. The lowest BCUT2D eigenvalue weighted by molar-refractivity contribution is -0.138. The minimum atomic E-state index is -0.827. The smallest absolute Gasteiger partial charge is 0.326 e. The first-order valence-corrected chi connectivity index (χ1v) is 5.45. The van der Waals surface area contributed by atoms with Crippen LogP contribution in [0.25, 0.3) is 0 Å². The summed E-state index contributed by atoms with van der Waals surface area (Å²) in [5, 5.41) is 18.8. The summed E-state index contributed by atoms with van der Waals surface area (Å²) < 4.78 is 0. The molecular weight excluding hydrogens is 230 g/mol. The minimum Gasteiger partial charge on any atom is -0.506 e. The minimum absolute atomic E-state index is 0.0183. The number of hydrogen-bond donors (Lipinski definition) is 2. The van der Waals surface area contributed by atoms with Crippen LogP contribution in [0.2, 0.25) is 5.02 Å². The van der Waals surface area contributed by atoms with Crippen LogP contribution in [0.1, 0.15) is 12.8 Å². The molecule has 0 saturated carbocycles. The molecule has 0 amide bonds. The van der Waals surface area contributed by atoms with Crippen molar-refractivity contribution in [2.45, 2.75) is 18.9 Å². The summed E-state index contributed by atoms with van der Waals surface area (Å²) in [5.74, 6) is -0.845. The number of halogens is 1. The Bertz CT molecular complexity index is 422. The second-order valence-electron chi connectivity index (χ2n) is 3.83. The highest BCUT2D eigenvalue weighted by atomic mass is 35.5. The maximum Gasteiger partial charge on any atom is 0.326 e. The zero-order valence-electron chi connectivity index (χ0n) is 8.56. The molecule has 0 bridgehead atoms. The monoisotopic (exact) mass is 241 g/mol.